The number of halogens is 1. The molecule has 0 radical (unpaired) electrons. The molecule has 4 heteroatoms. The molecule has 2 aromatic carbocycles. The van der Waals surface area contributed by atoms with Crippen LogP contribution in [0.15, 0.2) is 53.4 Å². The topological polar surface area (TPSA) is 20.3 Å². The highest BCUT2D eigenvalue weighted by Gasteiger charge is 2.25. The van der Waals surface area contributed by atoms with Gasteiger partial charge in [0.15, 0.2) is 0 Å². The average Bonchev–Trinajstić information content (AvgIpc) is 2.65. The summed E-state index contributed by atoms with van der Waals surface area (Å²) in [5.74, 6) is 0.0992. The van der Waals surface area contributed by atoms with E-state index in [1.165, 1.54) is 4.90 Å². The van der Waals surface area contributed by atoms with Crippen LogP contribution in [0.3, 0.4) is 0 Å². The number of thioether (sulfide) groups is 1. The fraction of sp³-hybridized carbons (Fsp3) is 0.235. The minimum atomic E-state index is 0.0992. The SMILES string of the molecule is C[C@H]1CCN(C(=O)c2ccccc2I)c2ccccc2S1. The zero-order chi connectivity index (χ0) is 14.8. The van der Waals surface area contributed by atoms with E-state index in [1.54, 1.807) is 0 Å². The maximum absolute atomic E-state index is 13.0. The number of hydrogen-bond acceptors (Lipinski definition) is 2. The fourth-order valence-corrected chi connectivity index (χ4v) is 4.21. The minimum Gasteiger partial charge on any atom is -0.307 e. The Morgan fingerprint density at radius 1 is 1.19 bits per heavy atom. The number of anilines is 1. The second-order valence-corrected chi connectivity index (χ2v) is 7.76. The lowest BCUT2D eigenvalue weighted by molar-refractivity contribution is 0.0985. The monoisotopic (exact) mass is 409 g/mol. The van der Waals surface area contributed by atoms with Gasteiger partial charge in [0, 0.05) is 20.3 Å². The van der Waals surface area contributed by atoms with Gasteiger partial charge in [-0.25, -0.2) is 0 Å². The minimum absolute atomic E-state index is 0.0992. The van der Waals surface area contributed by atoms with Crippen LogP contribution in [-0.4, -0.2) is 17.7 Å². The number of para-hydroxylation sites is 1. The molecule has 0 unspecified atom stereocenters. The first-order chi connectivity index (χ1) is 10.2. The molecule has 3 rings (SSSR count). The molecule has 0 aromatic heterocycles. The number of fused-ring (bicyclic) bond motifs is 1. The lowest BCUT2D eigenvalue weighted by Crippen LogP contribution is -2.32. The number of carbonyl (C=O) groups is 1. The number of carbonyl (C=O) groups excluding carboxylic acids is 1. The molecule has 1 aliphatic rings. The number of hydrogen-bond donors (Lipinski definition) is 0. The van der Waals surface area contributed by atoms with E-state index in [9.17, 15) is 4.79 Å². The maximum atomic E-state index is 13.0. The van der Waals surface area contributed by atoms with Gasteiger partial charge < -0.3 is 4.90 Å². The predicted octanol–water partition coefficient (Wildman–Crippen LogP) is 4.82. The molecule has 21 heavy (non-hydrogen) atoms. The van der Waals surface area contributed by atoms with E-state index in [4.69, 9.17) is 0 Å². The van der Waals surface area contributed by atoms with Crippen LogP contribution in [0.25, 0.3) is 0 Å². The largest absolute Gasteiger partial charge is 0.307 e. The zero-order valence-corrected chi connectivity index (χ0v) is 14.7. The van der Waals surface area contributed by atoms with E-state index in [1.807, 2.05) is 59.1 Å². The summed E-state index contributed by atoms with van der Waals surface area (Å²) in [6.45, 7) is 3.00. The first kappa shape index (κ1) is 14.9. The fourth-order valence-electron chi connectivity index (χ4n) is 2.48. The highest BCUT2D eigenvalue weighted by Crippen LogP contribution is 2.38. The van der Waals surface area contributed by atoms with Gasteiger partial charge in [-0.3, -0.25) is 4.79 Å². The number of rotatable bonds is 1. The summed E-state index contributed by atoms with van der Waals surface area (Å²) in [7, 11) is 0. The molecule has 1 atom stereocenters. The van der Waals surface area contributed by atoms with Crippen molar-refractivity contribution in [3.8, 4) is 0 Å². The summed E-state index contributed by atoms with van der Waals surface area (Å²) >= 11 is 4.09. The van der Waals surface area contributed by atoms with Gasteiger partial charge in [0.05, 0.1) is 11.3 Å². The van der Waals surface area contributed by atoms with Crippen molar-refractivity contribution in [2.75, 3.05) is 11.4 Å². The molecular formula is C17H16INOS. The Kier molecular flexibility index (Phi) is 4.54. The van der Waals surface area contributed by atoms with Crippen molar-refractivity contribution in [3.05, 3.63) is 57.7 Å². The molecule has 0 fully saturated rings. The second-order valence-electron chi connectivity index (χ2n) is 5.12. The summed E-state index contributed by atoms with van der Waals surface area (Å²) in [6, 6.07) is 16.0. The van der Waals surface area contributed by atoms with Crippen LogP contribution in [0.5, 0.6) is 0 Å². The third-order valence-corrected chi connectivity index (χ3v) is 5.77. The summed E-state index contributed by atoms with van der Waals surface area (Å²) in [6.07, 6.45) is 1.01. The normalized spacial score (nSPS) is 18.0. The van der Waals surface area contributed by atoms with Crippen LogP contribution in [0.1, 0.15) is 23.7 Å². The third kappa shape index (κ3) is 3.11. The van der Waals surface area contributed by atoms with Crippen molar-refractivity contribution in [2.45, 2.75) is 23.5 Å². The van der Waals surface area contributed by atoms with Gasteiger partial charge in [-0.05, 0) is 53.3 Å². The van der Waals surface area contributed by atoms with Gasteiger partial charge in [0.2, 0.25) is 0 Å². The standard InChI is InChI=1S/C17H16INOS/c1-12-10-11-19(15-8-4-5-9-16(15)21-12)17(20)13-6-2-3-7-14(13)18/h2-9,12H,10-11H2,1H3/t12-/m0/s1. The molecule has 0 saturated carbocycles. The van der Waals surface area contributed by atoms with Gasteiger partial charge in [-0.2, -0.15) is 0 Å². The lowest BCUT2D eigenvalue weighted by atomic mass is 10.1. The van der Waals surface area contributed by atoms with E-state index >= 15 is 0 Å². The molecule has 1 amide bonds. The number of benzene rings is 2. The van der Waals surface area contributed by atoms with Gasteiger partial charge >= 0.3 is 0 Å². The summed E-state index contributed by atoms with van der Waals surface area (Å²) < 4.78 is 1.00. The molecule has 108 valence electrons. The molecule has 1 aliphatic heterocycles. The van der Waals surface area contributed by atoms with Crippen LogP contribution in [-0.2, 0) is 0 Å². The van der Waals surface area contributed by atoms with Crippen molar-refractivity contribution in [3.63, 3.8) is 0 Å². The first-order valence-electron chi connectivity index (χ1n) is 6.99. The Morgan fingerprint density at radius 3 is 2.71 bits per heavy atom. The molecule has 2 aromatic rings. The summed E-state index contributed by atoms with van der Waals surface area (Å²) in [5, 5.41) is 0.527. The zero-order valence-electron chi connectivity index (χ0n) is 11.8. The van der Waals surface area contributed by atoms with Crippen molar-refractivity contribution in [1.29, 1.82) is 0 Å². The Morgan fingerprint density at radius 2 is 1.90 bits per heavy atom. The third-order valence-electron chi connectivity index (χ3n) is 3.59. The first-order valence-corrected chi connectivity index (χ1v) is 8.95. The summed E-state index contributed by atoms with van der Waals surface area (Å²) in [5.41, 5.74) is 1.82. The highest BCUT2D eigenvalue weighted by atomic mass is 127. The predicted molar refractivity (Wildman–Crippen MR) is 97.2 cm³/mol. The maximum Gasteiger partial charge on any atom is 0.259 e. The van der Waals surface area contributed by atoms with Gasteiger partial charge in [0.25, 0.3) is 5.91 Å². The molecule has 2 nitrogen and oxygen atoms in total. The van der Waals surface area contributed by atoms with Crippen molar-refractivity contribution in [1.82, 2.24) is 0 Å². The van der Waals surface area contributed by atoms with E-state index in [-0.39, 0.29) is 5.91 Å². The second kappa shape index (κ2) is 6.40. The van der Waals surface area contributed by atoms with E-state index in [0.29, 0.717) is 5.25 Å². The Bertz CT molecular complexity index is 673. The summed E-state index contributed by atoms with van der Waals surface area (Å²) in [4.78, 5) is 16.1. The van der Waals surface area contributed by atoms with E-state index in [2.05, 4.69) is 35.6 Å². The smallest absolute Gasteiger partial charge is 0.259 e. The van der Waals surface area contributed by atoms with E-state index in [0.717, 1.165) is 27.8 Å². The van der Waals surface area contributed by atoms with Gasteiger partial charge in [0.1, 0.15) is 0 Å². The van der Waals surface area contributed by atoms with Gasteiger partial charge in [-0.1, -0.05) is 31.2 Å². The van der Waals surface area contributed by atoms with Crippen molar-refractivity contribution in [2.24, 2.45) is 0 Å². The van der Waals surface area contributed by atoms with Crippen LogP contribution >= 0.6 is 34.4 Å². The van der Waals surface area contributed by atoms with Crippen LogP contribution in [0.2, 0.25) is 0 Å². The molecule has 0 saturated heterocycles. The quantitative estimate of drug-likeness (QED) is 0.630. The van der Waals surface area contributed by atoms with Crippen molar-refractivity contribution < 1.29 is 4.79 Å². The highest BCUT2D eigenvalue weighted by molar-refractivity contribution is 14.1. The molecular weight excluding hydrogens is 393 g/mol. The van der Waals surface area contributed by atoms with Crippen LogP contribution in [0.4, 0.5) is 5.69 Å². The van der Waals surface area contributed by atoms with Crippen molar-refractivity contribution >= 4 is 45.9 Å². The number of nitrogens with zero attached hydrogens (tertiary/aromatic N) is 1. The molecule has 0 aliphatic carbocycles. The molecule has 1 heterocycles. The molecule has 0 bridgehead atoms. The van der Waals surface area contributed by atoms with Gasteiger partial charge in [-0.15, -0.1) is 11.8 Å². The van der Waals surface area contributed by atoms with E-state index < -0.39 is 0 Å². The Balaban J connectivity index is 2.02. The van der Waals surface area contributed by atoms with Crippen LogP contribution < -0.4 is 4.90 Å². The number of amides is 1. The molecule has 0 spiro atoms. The van der Waals surface area contributed by atoms with Crippen LogP contribution in [0, 0.1) is 3.57 Å². The Labute approximate surface area is 143 Å². The molecule has 0 N–H and O–H groups in total. The Hall–Kier alpha value is -1.01. The average molecular weight is 409 g/mol. The lowest BCUT2D eigenvalue weighted by Gasteiger charge is -2.23.